The van der Waals surface area contributed by atoms with Gasteiger partial charge in [0.15, 0.2) is 0 Å². The van der Waals surface area contributed by atoms with Crippen LogP contribution >= 0.6 is 33.2 Å². The molecule has 0 spiro atoms. The SMILES string of the molecule is CCC(CC)C(C(CC)CC)[Si](Cl)(Cl)Cl. The molecule has 0 amide bonds. The average molecular weight is 290 g/mol. The Balaban J connectivity index is 4.85. The van der Waals surface area contributed by atoms with E-state index in [-0.39, 0.29) is 0 Å². The summed E-state index contributed by atoms with van der Waals surface area (Å²) in [4.78, 5) is 0. The molecule has 0 aliphatic carbocycles. The van der Waals surface area contributed by atoms with Crippen LogP contribution in [-0.2, 0) is 0 Å². The second kappa shape index (κ2) is 7.42. The van der Waals surface area contributed by atoms with Crippen molar-refractivity contribution in [1.29, 1.82) is 0 Å². The minimum atomic E-state index is -2.58. The molecule has 0 aromatic rings. The number of rotatable bonds is 7. The Hall–Kier alpha value is 1.09. The first-order valence-electron chi connectivity index (χ1n) is 5.98. The molecule has 0 N–H and O–H groups in total. The van der Waals surface area contributed by atoms with Gasteiger partial charge >= 0.3 is 6.00 Å². The molecule has 0 unspecified atom stereocenters. The summed E-state index contributed by atoms with van der Waals surface area (Å²) in [6, 6.07) is -2.58. The third-order valence-electron chi connectivity index (χ3n) is 3.49. The number of hydrogen-bond acceptors (Lipinski definition) is 0. The Bertz CT molecular complexity index is 148. The van der Waals surface area contributed by atoms with Gasteiger partial charge in [-0.15, -0.1) is 33.2 Å². The van der Waals surface area contributed by atoms with Crippen molar-refractivity contribution in [2.75, 3.05) is 0 Å². The van der Waals surface area contributed by atoms with Gasteiger partial charge in [0, 0.05) is 0 Å². The summed E-state index contributed by atoms with van der Waals surface area (Å²) in [5.74, 6) is 1.16. The Labute approximate surface area is 110 Å². The zero-order valence-corrected chi connectivity index (χ0v) is 13.5. The standard InChI is InChI=1S/C11H23Cl3Si/c1-5-9(6-2)11(15(12,13)14)10(7-3)8-4/h9-11H,5-8H2,1-4H3. The van der Waals surface area contributed by atoms with Crippen LogP contribution < -0.4 is 0 Å². The summed E-state index contributed by atoms with van der Waals surface area (Å²) in [6.45, 7) is 8.81. The van der Waals surface area contributed by atoms with E-state index in [2.05, 4.69) is 27.7 Å². The lowest BCUT2D eigenvalue weighted by Gasteiger charge is -2.35. The highest BCUT2D eigenvalue weighted by Gasteiger charge is 2.44. The molecule has 0 bridgehead atoms. The normalized spacial score (nSPS) is 13.2. The molecule has 0 aliphatic heterocycles. The van der Waals surface area contributed by atoms with Crippen LogP contribution in [0, 0.1) is 11.8 Å². The summed E-state index contributed by atoms with van der Waals surface area (Å²) >= 11 is 18.8. The van der Waals surface area contributed by atoms with E-state index in [1.807, 2.05) is 0 Å². The second-order valence-corrected chi connectivity index (χ2v) is 13.1. The Morgan fingerprint density at radius 1 is 0.733 bits per heavy atom. The summed E-state index contributed by atoms with van der Waals surface area (Å²) < 4.78 is 0. The van der Waals surface area contributed by atoms with Crippen LogP contribution in [0.4, 0.5) is 0 Å². The summed E-state index contributed by atoms with van der Waals surface area (Å²) in [7, 11) is 0. The van der Waals surface area contributed by atoms with Crippen LogP contribution in [0.5, 0.6) is 0 Å². The molecular formula is C11H23Cl3Si. The van der Waals surface area contributed by atoms with Gasteiger partial charge in [0.2, 0.25) is 0 Å². The molecule has 0 atom stereocenters. The maximum Gasteiger partial charge on any atom is 0.344 e. The Kier molecular flexibility index (Phi) is 7.96. The van der Waals surface area contributed by atoms with E-state index < -0.39 is 6.00 Å². The monoisotopic (exact) mass is 288 g/mol. The van der Waals surface area contributed by atoms with Gasteiger partial charge in [0.05, 0.1) is 0 Å². The largest absolute Gasteiger partial charge is 0.344 e. The molecule has 0 aromatic heterocycles. The predicted octanol–water partition coefficient (Wildman–Crippen LogP) is 5.88. The summed E-state index contributed by atoms with van der Waals surface area (Å²) in [5, 5.41) is 0. The predicted molar refractivity (Wildman–Crippen MR) is 75.2 cm³/mol. The van der Waals surface area contributed by atoms with Crippen LogP contribution in [0.25, 0.3) is 0 Å². The quantitative estimate of drug-likeness (QED) is 0.405. The van der Waals surface area contributed by atoms with Crippen molar-refractivity contribution in [2.45, 2.75) is 58.9 Å². The lowest BCUT2D eigenvalue weighted by Crippen LogP contribution is -2.32. The molecule has 4 heteroatoms. The van der Waals surface area contributed by atoms with E-state index in [0.29, 0.717) is 17.4 Å². The first-order valence-corrected chi connectivity index (χ1v) is 11.1. The molecule has 0 nitrogen and oxygen atoms in total. The first-order chi connectivity index (χ1) is 6.92. The Morgan fingerprint density at radius 2 is 1.00 bits per heavy atom. The molecule has 0 fully saturated rings. The van der Waals surface area contributed by atoms with Crippen LogP contribution in [0.1, 0.15) is 53.4 Å². The fourth-order valence-corrected chi connectivity index (χ4v) is 7.73. The van der Waals surface area contributed by atoms with E-state index in [0.717, 1.165) is 25.7 Å². The maximum atomic E-state index is 6.27. The third-order valence-corrected chi connectivity index (χ3v) is 7.46. The topological polar surface area (TPSA) is 0 Å². The minimum Gasteiger partial charge on any atom is -0.126 e. The first kappa shape index (κ1) is 16.1. The van der Waals surface area contributed by atoms with Gasteiger partial charge in [0.25, 0.3) is 0 Å². The van der Waals surface area contributed by atoms with Crippen LogP contribution in [0.15, 0.2) is 0 Å². The zero-order chi connectivity index (χ0) is 12.1. The van der Waals surface area contributed by atoms with Gasteiger partial charge in [-0.3, -0.25) is 0 Å². The molecule has 0 rings (SSSR count). The zero-order valence-electron chi connectivity index (χ0n) is 10.2. The highest BCUT2D eigenvalue weighted by molar-refractivity contribution is 7.65. The fraction of sp³-hybridized carbons (Fsp3) is 1.00. The van der Waals surface area contributed by atoms with E-state index in [4.69, 9.17) is 33.2 Å². The highest BCUT2D eigenvalue weighted by atomic mass is 35.8. The Morgan fingerprint density at radius 3 is 1.13 bits per heavy atom. The van der Waals surface area contributed by atoms with Crippen LogP contribution in [0.2, 0.25) is 5.54 Å². The number of halogens is 3. The third kappa shape index (κ3) is 4.85. The maximum absolute atomic E-state index is 6.27. The van der Waals surface area contributed by atoms with Gasteiger partial charge < -0.3 is 0 Å². The van der Waals surface area contributed by atoms with Crippen molar-refractivity contribution < 1.29 is 0 Å². The van der Waals surface area contributed by atoms with Crippen molar-refractivity contribution in [3.8, 4) is 0 Å². The van der Waals surface area contributed by atoms with Crippen molar-refractivity contribution in [2.24, 2.45) is 11.8 Å². The molecule has 0 aromatic carbocycles. The molecule has 0 heterocycles. The summed E-state index contributed by atoms with van der Waals surface area (Å²) in [6.07, 6.45) is 4.49. The van der Waals surface area contributed by atoms with Gasteiger partial charge in [-0.25, -0.2) is 0 Å². The van der Waals surface area contributed by atoms with Gasteiger partial charge in [-0.05, 0) is 17.4 Å². The number of hydrogen-bond donors (Lipinski definition) is 0. The van der Waals surface area contributed by atoms with Crippen molar-refractivity contribution in [3.05, 3.63) is 0 Å². The summed E-state index contributed by atoms with van der Waals surface area (Å²) in [5.41, 5.74) is 0.326. The smallest absolute Gasteiger partial charge is 0.126 e. The van der Waals surface area contributed by atoms with E-state index >= 15 is 0 Å². The van der Waals surface area contributed by atoms with Crippen LogP contribution in [0.3, 0.4) is 0 Å². The second-order valence-electron chi connectivity index (χ2n) is 4.22. The van der Waals surface area contributed by atoms with Gasteiger partial charge in [-0.1, -0.05) is 53.4 Å². The molecule has 15 heavy (non-hydrogen) atoms. The van der Waals surface area contributed by atoms with Crippen molar-refractivity contribution >= 4 is 39.2 Å². The highest BCUT2D eigenvalue weighted by Crippen LogP contribution is 2.48. The van der Waals surface area contributed by atoms with Gasteiger partial charge in [-0.2, -0.15) is 0 Å². The van der Waals surface area contributed by atoms with E-state index in [9.17, 15) is 0 Å². The molecule has 0 saturated heterocycles. The molecule has 0 saturated carbocycles. The van der Waals surface area contributed by atoms with E-state index in [1.165, 1.54) is 0 Å². The molecule has 0 aliphatic rings. The molecule has 92 valence electrons. The fourth-order valence-electron chi connectivity index (χ4n) is 2.51. The lowest BCUT2D eigenvalue weighted by molar-refractivity contribution is 0.335. The van der Waals surface area contributed by atoms with Gasteiger partial charge in [0.1, 0.15) is 0 Å². The van der Waals surface area contributed by atoms with Crippen molar-refractivity contribution in [1.82, 2.24) is 0 Å². The average Bonchev–Trinajstić information content (AvgIpc) is 2.17. The molecular weight excluding hydrogens is 267 g/mol. The minimum absolute atomic E-state index is 0.326. The molecule has 0 radical (unpaired) electrons. The van der Waals surface area contributed by atoms with E-state index in [1.54, 1.807) is 0 Å². The van der Waals surface area contributed by atoms with Crippen molar-refractivity contribution in [3.63, 3.8) is 0 Å². The van der Waals surface area contributed by atoms with Crippen LogP contribution in [-0.4, -0.2) is 6.00 Å². The lowest BCUT2D eigenvalue weighted by atomic mass is 9.87.